The second kappa shape index (κ2) is 10.2. The van der Waals surface area contributed by atoms with Crippen LogP contribution in [0.1, 0.15) is 12.5 Å². The molecular formula is C17H21N3O4S. The summed E-state index contributed by atoms with van der Waals surface area (Å²) < 4.78 is 4.67. The molecule has 0 unspecified atom stereocenters. The summed E-state index contributed by atoms with van der Waals surface area (Å²) in [5, 5.41) is 5.35. The molecule has 1 aromatic carbocycles. The Morgan fingerprint density at radius 1 is 1.16 bits per heavy atom. The van der Waals surface area contributed by atoms with E-state index in [2.05, 4.69) is 15.4 Å². The molecule has 0 saturated carbocycles. The maximum Gasteiger partial charge on any atom is 0.330 e. The van der Waals surface area contributed by atoms with Gasteiger partial charge in [-0.15, -0.1) is 0 Å². The molecular weight excluding hydrogens is 342 g/mol. The number of hydrogen-bond donors (Lipinski definition) is 2. The Morgan fingerprint density at radius 3 is 2.36 bits per heavy atom. The molecule has 8 heteroatoms. The average molecular weight is 363 g/mol. The van der Waals surface area contributed by atoms with Gasteiger partial charge in [-0.25, -0.2) is 4.79 Å². The summed E-state index contributed by atoms with van der Waals surface area (Å²) in [4.78, 5) is 35.9. The summed E-state index contributed by atoms with van der Waals surface area (Å²) in [6.45, 7) is 1.91. The van der Waals surface area contributed by atoms with Gasteiger partial charge in [0.2, 0.25) is 11.8 Å². The van der Waals surface area contributed by atoms with Crippen molar-refractivity contribution in [3.8, 4) is 0 Å². The van der Waals surface area contributed by atoms with E-state index in [0.717, 1.165) is 17.7 Å². The van der Waals surface area contributed by atoms with Crippen molar-refractivity contribution < 1.29 is 19.1 Å². The molecule has 0 spiro atoms. The maximum absolute atomic E-state index is 11.6. The van der Waals surface area contributed by atoms with Crippen LogP contribution in [-0.2, 0) is 25.5 Å². The minimum Gasteiger partial charge on any atom is -0.463 e. The Bertz CT molecular complexity index is 669. The van der Waals surface area contributed by atoms with Crippen molar-refractivity contribution in [1.29, 1.82) is 0 Å². The van der Waals surface area contributed by atoms with Gasteiger partial charge in [0.25, 0.3) is 0 Å². The Morgan fingerprint density at radius 2 is 1.80 bits per heavy atom. The Balaban J connectivity index is 2.50. The lowest BCUT2D eigenvalue weighted by atomic mass is 10.1. The number of carbonyl (C=O) groups excluding carboxylic acids is 3. The molecule has 25 heavy (non-hydrogen) atoms. The van der Waals surface area contributed by atoms with Crippen LogP contribution >= 0.6 is 12.2 Å². The zero-order valence-corrected chi connectivity index (χ0v) is 15.2. The summed E-state index contributed by atoms with van der Waals surface area (Å²) in [7, 11) is 3.41. The molecule has 0 atom stereocenters. The van der Waals surface area contributed by atoms with Gasteiger partial charge in [-0.05, 0) is 36.8 Å². The highest BCUT2D eigenvalue weighted by molar-refractivity contribution is 7.80. The van der Waals surface area contributed by atoms with Gasteiger partial charge in [-0.3, -0.25) is 14.9 Å². The quantitative estimate of drug-likeness (QED) is 0.449. The standard InChI is InChI=1S/C17H21N3O4S/c1-4-24-16(23)10-9-14(21)19-17(25)18-13-7-5-12(6-8-13)11-15(22)20(2)3/h5-10H,4,11H2,1-3H3,(H2,18,19,21,25)/b10-9+. The molecule has 0 saturated heterocycles. The summed E-state index contributed by atoms with van der Waals surface area (Å²) in [5.74, 6) is -1.13. The summed E-state index contributed by atoms with van der Waals surface area (Å²) in [6.07, 6.45) is 2.38. The van der Waals surface area contributed by atoms with Crippen LogP contribution in [0.2, 0.25) is 0 Å². The molecule has 134 valence electrons. The molecule has 0 aliphatic carbocycles. The fraction of sp³-hybridized carbons (Fsp3) is 0.294. The van der Waals surface area contributed by atoms with Crippen LogP contribution in [0, 0.1) is 0 Å². The van der Waals surface area contributed by atoms with Crippen LogP contribution in [0.3, 0.4) is 0 Å². The van der Waals surface area contributed by atoms with E-state index in [1.807, 2.05) is 0 Å². The van der Waals surface area contributed by atoms with E-state index < -0.39 is 11.9 Å². The number of nitrogens with one attached hydrogen (secondary N) is 2. The zero-order valence-electron chi connectivity index (χ0n) is 14.4. The monoisotopic (exact) mass is 363 g/mol. The molecule has 0 fully saturated rings. The van der Waals surface area contributed by atoms with E-state index in [1.165, 1.54) is 4.90 Å². The van der Waals surface area contributed by atoms with Crippen LogP contribution < -0.4 is 10.6 Å². The SMILES string of the molecule is CCOC(=O)/C=C/C(=O)NC(=S)Nc1ccc(CC(=O)N(C)C)cc1. The van der Waals surface area contributed by atoms with E-state index in [-0.39, 0.29) is 17.6 Å². The van der Waals surface area contributed by atoms with Crippen molar-refractivity contribution in [3.05, 3.63) is 42.0 Å². The number of likely N-dealkylation sites (N-methyl/N-ethyl adjacent to an activating group) is 1. The zero-order chi connectivity index (χ0) is 18.8. The fourth-order valence-corrected chi connectivity index (χ4v) is 1.91. The van der Waals surface area contributed by atoms with E-state index in [9.17, 15) is 14.4 Å². The minimum absolute atomic E-state index is 0.0110. The Kier molecular flexibility index (Phi) is 8.28. The molecule has 0 heterocycles. The fourth-order valence-electron chi connectivity index (χ4n) is 1.69. The first-order chi connectivity index (χ1) is 11.8. The van der Waals surface area contributed by atoms with Gasteiger partial charge in [0.05, 0.1) is 13.0 Å². The first-order valence-corrected chi connectivity index (χ1v) is 7.98. The third-order valence-electron chi connectivity index (χ3n) is 2.96. The van der Waals surface area contributed by atoms with Crippen LogP contribution in [0.5, 0.6) is 0 Å². The minimum atomic E-state index is -0.598. The molecule has 2 amide bonds. The Hall–Kier alpha value is -2.74. The van der Waals surface area contributed by atoms with Crippen molar-refractivity contribution in [2.75, 3.05) is 26.0 Å². The van der Waals surface area contributed by atoms with Crippen molar-refractivity contribution in [2.24, 2.45) is 0 Å². The molecule has 0 aliphatic heterocycles. The van der Waals surface area contributed by atoms with Gasteiger partial charge in [0.1, 0.15) is 0 Å². The predicted molar refractivity (Wildman–Crippen MR) is 99.0 cm³/mol. The van der Waals surface area contributed by atoms with E-state index in [0.29, 0.717) is 12.1 Å². The number of benzene rings is 1. The first kappa shape index (κ1) is 20.3. The number of carbonyl (C=O) groups is 3. The van der Waals surface area contributed by atoms with E-state index >= 15 is 0 Å². The largest absolute Gasteiger partial charge is 0.463 e. The predicted octanol–water partition coefficient (Wildman–Crippen LogP) is 1.25. The lowest BCUT2D eigenvalue weighted by Gasteiger charge is -2.11. The van der Waals surface area contributed by atoms with Crippen LogP contribution in [0.15, 0.2) is 36.4 Å². The van der Waals surface area contributed by atoms with Crippen molar-refractivity contribution >= 4 is 40.8 Å². The highest BCUT2D eigenvalue weighted by Crippen LogP contribution is 2.10. The van der Waals surface area contributed by atoms with Crippen molar-refractivity contribution in [3.63, 3.8) is 0 Å². The number of hydrogen-bond acceptors (Lipinski definition) is 5. The number of amides is 2. The molecule has 1 rings (SSSR count). The summed E-state index contributed by atoms with van der Waals surface area (Å²) >= 11 is 5.03. The molecule has 0 aromatic heterocycles. The lowest BCUT2D eigenvalue weighted by Crippen LogP contribution is -2.33. The number of anilines is 1. The third-order valence-corrected chi connectivity index (χ3v) is 3.16. The highest BCUT2D eigenvalue weighted by Gasteiger charge is 2.06. The van der Waals surface area contributed by atoms with Crippen LogP contribution in [0.4, 0.5) is 5.69 Å². The smallest absolute Gasteiger partial charge is 0.330 e. The average Bonchev–Trinajstić information content (AvgIpc) is 2.55. The van der Waals surface area contributed by atoms with Gasteiger partial charge in [-0.1, -0.05) is 12.1 Å². The molecule has 1 aromatic rings. The summed E-state index contributed by atoms with van der Waals surface area (Å²) in [5.41, 5.74) is 1.54. The number of ether oxygens (including phenoxy) is 1. The van der Waals surface area contributed by atoms with Gasteiger partial charge < -0.3 is 15.0 Å². The second-order valence-corrected chi connectivity index (χ2v) is 5.60. The first-order valence-electron chi connectivity index (χ1n) is 7.57. The topological polar surface area (TPSA) is 87.7 Å². The molecule has 0 aliphatic rings. The lowest BCUT2D eigenvalue weighted by molar-refractivity contribution is -0.137. The molecule has 2 N–H and O–H groups in total. The highest BCUT2D eigenvalue weighted by atomic mass is 32.1. The summed E-state index contributed by atoms with van der Waals surface area (Å²) in [6, 6.07) is 7.11. The van der Waals surface area contributed by atoms with Gasteiger partial charge in [0.15, 0.2) is 5.11 Å². The maximum atomic E-state index is 11.6. The molecule has 0 radical (unpaired) electrons. The molecule has 0 bridgehead atoms. The van der Waals surface area contributed by atoms with Gasteiger partial charge >= 0.3 is 5.97 Å². The molecule has 7 nitrogen and oxygen atoms in total. The van der Waals surface area contributed by atoms with Gasteiger partial charge in [-0.2, -0.15) is 0 Å². The van der Waals surface area contributed by atoms with Crippen molar-refractivity contribution in [1.82, 2.24) is 10.2 Å². The number of thiocarbonyl (C=S) groups is 1. The van der Waals surface area contributed by atoms with Crippen LogP contribution in [0.25, 0.3) is 0 Å². The Labute approximate surface area is 152 Å². The normalized spacial score (nSPS) is 10.2. The number of rotatable bonds is 6. The van der Waals surface area contributed by atoms with Crippen molar-refractivity contribution in [2.45, 2.75) is 13.3 Å². The third kappa shape index (κ3) is 8.07. The van der Waals surface area contributed by atoms with E-state index in [1.54, 1.807) is 45.3 Å². The van der Waals surface area contributed by atoms with E-state index in [4.69, 9.17) is 12.2 Å². The van der Waals surface area contributed by atoms with Gasteiger partial charge in [0, 0.05) is 31.9 Å². The number of nitrogens with zero attached hydrogens (tertiary/aromatic N) is 1. The second-order valence-electron chi connectivity index (χ2n) is 5.19. The number of esters is 1. The van der Waals surface area contributed by atoms with Crippen LogP contribution in [-0.4, -0.2) is 48.5 Å².